The van der Waals surface area contributed by atoms with E-state index in [1.807, 2.05) is 24.3 Å². The Bertz CT molecular complexity index is 823. The van der Waals surface area contributed by atoms with E-state index in [1.165, 1.54) is 0 Å². The van der Waals surface area contributed by atoms with Gasteiger partial charge in [0.25, 0.3) is 0 Å². The quantitative estimate of drug-likeness (QED) is 0.731. The fourth-order valence-corrected chi connectivity index (χ4v) is 2.32. The number of fused-ring (bicyclic) bond motifs is 1. The number of hydrogen-bond acceptors (Lipinski definition) is 7. The van der Waals surface area contributed by atoms with Crippen LogP contribution in [0.4, 0.5) is 5.82 Å². The largest absolute Gasteiger partial charge is 0.464 e. The van der Waals surface area contributed by atoms with Crippen molar-refractivity contribution in [3.8, 4) is 11.5 Å². The van der Waals surface area contributed by atoms with Gasteiger partial charge < -0.3 is 15.0 Å². The van der Waals surface area contributed by atoms with Crippen molar-refractivity contribution in [3.63, 3.8) is 0 Å². The van der Waals surface area contributed by atoms with Gasteiger partial charge in [-0.1, -0.05) is 12.1 Å². The van der Waals surface area contributed by atoms with E-state index in [4.69, 9.17) is 10.5 Å². The molecule has 8 heteroatoms. The Labute approximate surface area is 125 Å². The molecule has 0 saturated heterocycles. The molecule has 0 fully saturated rings. The number of ether oxygens (including phenoxy) is 1. The van der Waals surface area contributed by atoms with Crippen molar-refractivity contribution in [2.75, 3.05) is 12.3 Å². The van der Waals surface area contributed by atoms with E-state index in [0.717, 1.165) is 11.0 Å². The monoisotopic (exact) mass is 301 g/mol. The molecule has 8 nitrogen and oxygen atoms in total. The van der Waals surface area contributed by atoms with Crippen LogP contribution in [0.15, 0.2) is 28.9 Å². The molecule has 114 valence electrons. The van der Waals surface area contributed by atoms with Crippen LogP contribution < -0.4 is 5.73 Å². The molecule has 0 radical (unpaired) electrons. The molecule has 2 heterocycles. The molecule has 3 rings (SSSR count). The van der Waals surface area contributed by atoms with Crippen molar-refractivity contribution in [1.82, 2.24) is 19.9 Å². The van der Waals surface area contributed by atoms with Crippen molar-refractivity contribution in [3.05, 3.63) is 24.3 Å². The van der Waals surface area contributed by atoms with Gasteiger partial charge in [0.2, 0.25) is 0 Å². The Balaban J connectivity index is 2.22. The summed E-state index contributed by atoms with van der Waals surface area (Å²) in [5.41, 5.74) is 7.56. The Morgan fingerprint density at radius 3 is 2.86 bits per heavy atom. The van der Waals surface area contributed by atoms with Crippen molar-refractivity contribution >= 4 is 22.8 Å². The van der Waals surface area contributed by atoms with Gasteiger partial charge in [-0.15, -0.1) is 0 Å². The van der Waals surface area contributed by atoms with Crippen molar-refractivity contribution in [2.45, 2.75) is 19.9 Å². The number of para-hydroxylation sites is 2. The number of nitrogen functional groups attached to an aromatic ring is 1. The minimum Gasteiger partial charge on any atom is -0.464 e. The van der Waals surface area contributed by atoms with Crippen LogP contribution in [0.1, 0.15) is 19.9 Å². The average molecular weight is 301 g/mol. The van der Waals surface area contributed by atoms with Crippen LogP contribution in [-0.2, 0) is 9.53 Å². The molecule has 2 N–H and O–H groups in total. The van der Waals surface area contributed by atoms with Crippen LogP contribution in [0.2, 0.25) is 0 Å². The summed E-state index contributed by atoms with van der Waals surface area (Å²) in [4.78, 5) is 16.6. The molecule has 3 aromatic rings. The molecule has 0 bridgehead atoms. The molecule has 0 unspecified atom stereocenters. The third-order valence-corrected chi connectivity index (χ3v) is 3.34. The van der Waals surface area contributed by atoms with Gasteiger partial charge >= 0.3 is 5.97 Å². The fraction of sp³-hybridized carbons (Fsp3) is 0.286. The Morgan fingerprint density at radius 2 is 2.18 bits per heavy atom. The van der Waals surface area contributed by atoms with Crippen LogP contribution in [0, 0.1) is 0 Å². The van der Waals surface area contributed by atoms with Crippen LogP contribution in [0.5, 0.6) is 0 Å². The molecule has 0 aliphatic heterocycles. The first-order valence-electron chi connectivity index (χ1n) is 6.85. The zero-order valence-corrected chi connectivity index (χ0v) is 12.2. The molecular weight excluding hydrogens is 286 g/mol. The number of nitrogens with zero attached hydrogens (tertiary/aromatic N) is 4. The van der Waals surface area contributed by atoms with E-state index >= 15 is 0 Å². The summed E-state index contributed by atoms with van der Waals surface area (Å²) in [5.74, 6) is 0.176. The number of imidazole rings is 1. The number of carbonyl (C=O) groups is 1. The molecule has 22 heavy (non-hydrogen) atoms. The van der Waals surface area contributed by atoms with E-state index in [2.05, 4.69) is 19.9 Å². The van der Waals surface area contributed by atoms with Crippen molar-refractivity contribution < 1.29 is 14.2 Å². The Morgan fingerprint density at radius 1 is 1.41 bits per heavy atom. The zero-order valence-electron chi connectivity index (χ0n) is 12.2. The summed E-state index contributed by atoms with van der Waals surface area (Å²) in [6.07, 6.45) is 0. The van der Waals surface area contributed by atoms with E-state index in [-0.39, 0.29) is 11.8 Å². The van der Waals surface area contributed by atoms with Gasteiger partial charge in [0.15, 0.2) is 17.3 Å². The van der Waals surface area contributed by atoms with E-state index < -0.39 is 6.04 Å². The molecule has 1 aromatic carbocycles. The maximum absolute atomic E-state index is 12.1. The second-order valence-corrected chi connectivity index (χ2v) is 4.72. The first-order valence-corrected chi connectivity index (χ1v) is 6.85. The summed E-state index contributed by atoms with van der Waals surface area (Å²) in [6, 6.07) is 6.86. The SMILES string of the molecule is CCOC(=O)[C@H](C)n1c(-c2nonc2N)nc2ccccc21. The third-order valence-electron chi connectivity index (χ3n) is 3.34. The topological polar surface area (TPSA) is 109 Å². The first-order chi connectivity index (χ1) is 10.6. The predicted octanol–water partition coefficient (Wildman–Crippen LogP) is 1.79. The molecule has 0 aliphatic carbocycles. The number of rotatable bonds is 4. The molecular formula is C14H15N5O3. The van der Waals surface area contributed by atoms with Crippen LogP contribution >= 0.6 is 0 Å². The van der Waals surface area contributed by atoms with E-state index in [9.17, 15) is 4.79 Å². The summed E-state index contributed by atoms with van der Waals surface area (Å²) in [6.45, 7) is 3.80. The van der Waals surface area contributed by atoms with Gasteiger partial charge in [0.1, 0.15) is 6.04 Å². The number of nitrogens with two attached hydrogens (primary N) is 1. The average Bonchev–Trinajstić information content (AvgIpc) is 3.09. The van der Waals surface area contributed by atoms with Crippen molar-refractivity contribution in [2.24, 2.45) is 0 Å². The molecule has 2 aromatic heterocycles. The number of carbonyl (C=O) groups excluding carboxylic acids is 1. The van der Waals surface area contributed by atoms with Gasteiger partial charge in [-0.3, -0.25) is 0 Å². The Kier molecular flexibility index (Phi) is 3.50. The molecule has 1 atom stereocenters. The Hall–Kier alpha value is -2.90. The number of hydrogen-bond donors (Lipinski definition) is 1. The number of esters is 1. The first kappa shape index (κ1) is 14.1. The fourth-order valence-electron chi connectivity index (χ4n) is 2.32. The summed E-state index contributed by atoms with van der Waals surface area (Å²) < 4.78 is 11.5. The molecule has 0 aliphatic rings. The smallest absolute Gasteiger partial charge is 0.328 e. The highest BCUT2D eigenvalue weighted by Crippen LogP contribution is 2.30. The van der Waals surface area contributed by atoms with Gasteiger partial charge in [0, 0.05) is 0 Å². The predicted molar refractivity (Wildman–Crippen MR) is 78.8 cm³/mol. The molecule has 0 amide bonds. The second-order valence-electron chi connectivity index (χ2n) is 4.72. The number of aromatic nitrogens is 4. The number of anilines is 1. The van der Waals surface area contributed by atoms with Crippen LogP contribution in [0.3, 0.4) is 0 Å². The van der Waals surface area contributed by atoms with Gasteiger partial charge in [-0.2, -0.15) is 0 Å². The summed E-state index contributed by atoms with van der Waals surface area (Å²) in [7, 11) is 0. The standard InChI is InChI=1S/C14H15N5O3/c1-3-21-14(20)8(2)19-10-7-5-4-6-9(10)16-13(19)11-12(15)18-22-17-11/h4-8H,3H2,1-2H3,(H2,15,18)/t8-/m0/s1. The third kappa shape index (κ3) is 2.18. The minimum absolute atomic E-state index is 0.118. The highest BCUT2D eigenvalue weighted by atomic mass is 16.6. The van der Waals surface area contributed by atoms with E-state index in [1.54, 1.807) is 18.4 Å². The maximum Gasteiger partial charge on any atom is 0.328 e. The van der Waals surface area contributed by atoms with Gasteiger partial charge in [0.05, 0.1) is 17.6 Å². The second kappa shape index (κ2) is 5.47. The summed E-state index contributed by atoms with van der Waals surface area (Å²) >= 11 is 0. The zero-order chi connectivity index (χ0) is 15.7. The summed E-state index contributed by atoms with van der Waals surface area (Å²) in [5, 5.41) is 7.35. The number of benzene rings is 1. The highest BCUT2D eigenvalue weighted by Gasteiger charge is 2.26. The van der Waals surface area contributed by atoms with Crippen molar-refractivity contribution in [1.29, 1.82) is 0 Å². The minimum atomic E-state index is -0.585. The molecule has 0 spiro atoms. The van der Waals surface area contributed by atoms with E-state index in [0.29, 0.717) is 18.1 Å². The normalized spacial score (nSPS) is 12.5. The van der Waals surface area contributed by atoms with Crippen LogP contribution in [0.25, 0.3) is 22.6 Å². The maximum atomic E-state index is 12.1. The van der Waals surface area contributed by atoms with Gasteiger partial charge in [-0.25, -0.2) is 14.4 Å². The highest BCUT2D eigenvalue weighted by molar-refractivity contribution is 5.85. The van der Waals surface area contributed by atoms with Crippen LogP contribution in [-0.4, -0.2) is 32.4 Å². The molecule has 0 saturated carbocycles. The van der Waals surface area contributed by atoms with Gasteiger partial charge in [-0.05, 0) is 36.3 Å². The lowest BCUT2D eigenvalue weighted by atomic mass is 10.2. The lowest BCUT2D eigenvalue weighted by molar-refractivity contribution is -0.146. The lowest BCUT2D eigenvalue weighted by Crippen LogP contribution is -2.20. The lowest BCUT2D eigenvalue weighted by Gasteiger charge is -2.15.